The van der Waals surface area contributed by atoms with Gasteiger partial charge in [-0.05, 0) is 6.07 Å². The summed E-state index contributed by atoms with van der Waals surface area (Å²) in [5, 5.41) is 25.3. The van der Waals surface area contributed by atoms with Crippen LogP contribution >= 0.6 is 0 Å². The maximum Gasteiger partial charge on any atom is 0.345 e. The van der Waals surface area contributed by atoms with Crippen molar-refractivity contribution in [3.8, 4) is 0 Å². The minimum absolute atomic E-state index is 0.131. The number of nitrogens with zero attached hydrogens (tertiary/aromatic N) is 5. The van der Waals surface area contributed by atoms with Gasteiger partial charge in [0.25, 0.3) is 11.4 Å². The Labute approximate surface area is 111 Å². The number of aromatic nitrogens is 3. The average molecular weight is 279 g/mol. The van der Waals surface area contributed by atoms with E-state index in [0.717, 1.165) is 16.8 Å². The first-order valence-corrected chi connectivity index (χ1v) is 5.40. The predicted molar refractivity (Wildman–Crippen MR) is 66.3 cm³/mol. The molecule has 0 spiro atoms. The molecule has 10 heteroatoms. The normalized spacial score (nSPS) is 10.4. The maximum absolute atomic E-state index is 11.6. The number of non-ortho nitro benzene ring substituents is 1. The lowest BCUT2D eigenvalue weighted by Gasteiger charge is -2.02. The molecule has 0 saturated heterocycles. The average Bonchev–Trinajstić information content (AvgIpc) is 2.70. The lowest BCUT2D eigenvalue weighted by molar-refractivity contribution is -0.394. The van der Waals surface area contributed by atoms with Gasteiger partial charge < -0.3 is 0 Å². The summed E-state index contributed by atoms with van der Waals surface area (Å²) >= 11 is 0. The van der Waals surface area contributed by atoms with Gasteiger partial charge in [-0.1, -0.05) is 0 Å². The van der Waals surface area contributed by atoms with Crippen LogP contribution in [0.3, 0.4) is 0 Å². The fourth-order valence-corrected chi connectivity index (χ4v) is 1.66. The van der Waals surface area contributed by atoms with Crippen LogP contribution in [0.15, 0.2) is 29.3 Å². The number of aryl methyl sites for hydroxylation is 1. The van der Waals surface area contributed by atoms with Crippen molar-refractivity contribution in [3.63, 3.8) is 0 Å². The van der Waals surface area contributed by atoms with E-state index in [1.807, 2.05) is 0 Å². The molecule has 1 aromatic carbocycles. The highest BCUT2D eigenvalue weighted by Gasteiger charge is 2.20. The molecule has 0 amide bonds. The van der Waals surface area contributed by atoms with Crippen molar-refractivity contribution in [2.45, 2.75) is 6.54 Å². The van der Waals surface area contributed by atoms with E-state index in [-0.39, 0.29) is 17.8 Å². The first kappa shape index (κ1) is 13.4. The molecule has 0 aliphatic carbocycles. The summed E-state index contributed by atoms with van der Waals surface area (Å²) < 4.78 is 2.26. The molecule has 20 heavy (non-hydrogen) atoms. The summed E-state index contributed by atoms with van der Waals surface area (Å²) in [6.45, 7) is -0.131. The van der Waals surface area contributed by atoms with Crippen LogP contribution in [0.5, 0.6) is 0 Å². The topological polar surface area (TPSA) is 126 Å². The van der Waals surface area contributed by atoms with Crippen molar-refractivity contribution in [3.05, 3.63) is 60.8 Å². The fourth-order valence-electron chi connectivity index (χ4n) is 1.66. The SMILES string of the molecule is Cn1cnn(Cc2ccc([N+](=O)[O-])cc2[N+](=O)[O-])c1=O. The minimum atomic E-state index is -0.726. The third-order valence-electron chi connectivity index (χ3n) is 2.68. The zero-order chi connectivity index (χ0) is 14.9. The maximum atomic E-state index is 11.6. The van der Waals surface area contributed by atoms with Gasteiger partial charge in [-0.3, -0.25) is 24.8 Å². The van der Waals surface area contributed by atoms with Crippen molar-refractivity contribution in [1.29, 1.82) is 0 Å². The molecular formula is C10H9N5O5. The van der Waals surface area contributed by atoms with Crippen molar-refractivity contribution in [2.75, 3.05) is 0 Å². The van der Waals surface area contributed by atoms with Crippen LogP contribution in [0.1, 0.15) is 5.56 Å². The van der Waals surface area contributed by atoms with Crippen molar-refractivity contribution in [1.82, 2.24) is 14.3 Å². The molecule has 1 heterocycles. The Morgan fingerprint density at radius 3 is 2.45 bits per heavy atom. The number of nitro groups is 2. The predicted octanol–water partition coefficient (Wildman–Crippen LogP) is 0.446. The fraction of sp³-hybridized carbons (Fsp3) is 0.200. The first-order chi connectivity index (χ1) is 9.40. The van der Waals surface area contributed by atoms with E-state index < -0.39 is 21.2 Å². The van der Waals surface area contributed by atoms with E-state index >= 15 is 0 Å². The number of hydrogen-bond donors (Lipinski definition) is 0. The molecular weight excluding hydrogens is 270 g/mol. The first-order valence-electron chi connectivity index (χ1n) is 5.40. The Morgan fingerprint density at radius 1 is 1.25 bits per heavy atom. The third kappa shape index (κ3) is 2.39. The molecule has 0 radical (unpaired) electrons. The van der Waals surface area contributed by atoms with Gasteiger partial charge in [0, 0.05) is 13.1 Å². The Hall–Kier alpha value is -3.04. The summed E-state index contributed by atoms with van der Waals surface area (Å²) in [7, 11) is 1.50. The highest BCUT2D eigenvalue weighted by Crippen LogP contribution is 2.24. The van der Waals surface area contributed by atoms with E-state index in [4.69, 9.17) is 0 Å². The van der Waals surface area contributed by atoms with Crippen LogP contribution in [0.4, 0.5) is 11.4 Å². The van der Waals surface area contributed by atoms with Crippen LogP contribution < -0.4 is 5.69 Å². The number of rotatable bonds is 4. The zero-order valence-corrected chi connectivity index (χ0v) is 10.3. The molecule has 0 aliphatic heterocycles. The van der Waals surface area contributed by atoms with Crippen LogP contribution in [-0.2, 0) is 13.6 Å². The molecule has 0 N–H and O–H groups in total. The molecule has 0 aliphatic rings. The highest BCUT2D eigenvalue weighted by molar-refractivity contribution is 5.49. The van der Waals surface area contributed by atoms with Gasteiger partial charge in [0.15, 0.2) is 0 Å². The molecule has 0 saturated carbocycles. The molecule has 0 unspecified atom stereocenters. The van der Waals surface area contributed by atoms with E-state index in [0.29, 0.717) is 0 Å². The highest BCUT2D eigenvalue weighted by atomic mass is 16.6. The van der Waals surface area contributed by atoms with Gasteiger partial charge in [-0.15, -0.1) is 0 Å². The van der Waals surface area contributed by atoms with Gasteiger partial charge >= 0.3 is 5.69 Å². The summed E-state index contributed by atoms with van der Waals surface area (Å²) in [5.41, 5.74) is -1.07. The third-order valence-corrected chi connectivity index (χ3v) is 2.68. The second-order valence-corrected chi connectivity index (χ2v) is 4.01. The second kappa shape index (κ2) is 4.91. The van der Waals surface area contributed by atoms with Crippen molar-refractivity contribution >= 4 is 11.4 Å². The van der Waals surface area contributed by atoms with Gasteiger partial charge in [0.2, 0.25) is 0 Å². The van der Waals surface area contributed by atoms with E-state index in [9.17, 15) is 25.0 Å². The largest absolute Gasteiger partial charge is 0.345 e. The Bertz CT molecular complexity index is 747. The molecule has 0 bridgehead atoms. The standard InChI is InChI=1S/C10H9N5O5/c1-12-6-11-13(10(12)16)5-7-2-3-8(14(17)18)4-9(7)15(19)20/h2-4,6H,5H2,1H3. The number of hydrogen-bond acceptors (Lipinski definition) is 6. The van der Waals surface area contributed by atoms with Gasteiger partial charge in [-0.25, -0.2) is 9.48 Å². The molecule has 10 nitrogen and oxygen atoms in total. The summed E-state index contributed by atoms with van der Waals surface area (Å²) in [6, 6.07) is 3.26. The van der Waals surface area contributed by atoms with Gasteiger partial charge in [-0.2, -0.15) is 5.10 Å². The summed E-state index contributed by atoms with van der Waals surface area (Å²) in [6.07, 6.45) is 1.28. The monoisotopic (exact) mass is 279 g/mol. The van der Waals surface area contributed by atoms with Crippen LogP contribution in [0.25, 0.3) is 0 Å². The van der Waals surface area contributed by atoms with Crippen molar-refractivity contribution in [2.24, 2.45) is 7.05 Å². The minimum Gasteiger partial charge on any atom is -0.285 e. The van der Waals surface area contributed by atoms with E-state index in [1.54, 1.807) is 0 Å². The Balaban J connectivity index is 2.46. The van der Waals surface area contributed by atoms with Crippen LogP contribution in [0.2, 0.25) is 0 Å². The van der Waals surface area contributed by atoms with Gasteiger partial charge in [0.1, 0.15) is 6.33 Å². The quantitative estimate of drug-likeness (QED) is 0.590. The summed E-state index contributed by atoms with van der Waals surface area (Å²) in [4.78, 5) is 31.7. The zero-order valence-electron chi connectivity index (χ0n) is 10.3. The smallest absolute Gasteiger partial charge is 0.285 e. The lowest BCUT2D eigenvalue weighted by atomic mass is 10.1. The molecule has 2 aromatic rings. The van der Waals surface area contributed by atoms with Gasteiger partial charge in [0.05, 0.1) is 28.0 Å². The van der Waals surface area contributed by atoms with E-state index in [2.05, 4.69) is 5.10 Å². The Kier molecular flexibility index (Phi) is 3.29. The molecule has 104 valence electrons. The molecule has 0 fully saturated rings. The van der Waals surface area contributed by atoms with E-state index in [1.165, 1.54) is 24.0 Å². The van der Waals surface area contributed by atoms with Crippen LogP contribution in [0, 0.1) is 20.2 Å². The van der Waals surface area contributed by atoms with Crippen LogP contribution in [-0.4, -0.2) is 24.2 Å². The second-order valence-electron chi connectivity index (χ2n) is 4.01. The van der Waals surface area contributed by atoms with Crippen molar-refractivity contribution < 1.29 is 9.85 Å². The lowest BCUT2D eigenvalue weighted by Crippen LogP contribution is -2.23. The number of nitro benzene ring substituents is 2. The summed E-state index contributed by atoms with van der Waals surface area (Å²) in [5.74, 6) is 0. The Morgan fingerprint density at radius 2 is 1.95 bits per heavy atom. The molecule has 2 rings (SSSR count). The number of benzene rings is 1. The molecule has 1 aromatic heterocycles. The molecule has 0 atom stereocenters.